The van der Waals surface area contributed by atoms with Crippen LogP contribution >= 0.6 is 0 Å². The van der Waals surface area contributed by atoms with Gasteiger partial charge in [-0.25, -0.2) is 0 Å². The molecule has 1 fully saturated rings. The third kappa shape index (κ3) is 9.36. The number of hydrogen-bond acceptors (Lipinski definition) is 4. The molecule has 1 saturated heterocycles. The zero-order valence-electron chi connectivity index (χ0n) is 24.7. The summed E-state index contributed by atoms with van der Waals surface area (Å²) in [6.45, 7) is 13.0. The zero-order chi connectivity index (χ0) is 31.1. The van der Waals surface area contributed by atoms with Gasteiger partial charge in [0.05, 0.1) is 24.2 Å². The van der Waals surface area contributed by atoms with Crippen molar-refractivity contribution in [2.75, 3.05) is 18.4 Å². The number of nitrogens with one attached hydrogen (secondary N) is 1. The molecule has 2 aromatic rings. The number of anilines is 1. The van der Waals surface area contributed by atoms with Gasteiger partial charge in [0.25, 0.3) is 5.91 Å². The Hall–Kier alpha value is -3.82. The number of carbonyl (C=O) groups is 2. The molecule has 10 heteroatoms. The highest BCUT2D eigenvalue weighted by Gasteiger charge is 2.30. The van der Waals surface area contributed by atoms with Crippen LogP contribution < -0.4 is 5.32 Å². The summed E-state index contributed by atoms with van der Waals surface area (Å²) in [5.41, 5.74) is 3.27. The number of aliphatic carboxylic acids is 1. The van der Waals surface area contributed by atoms with Crippen LogP contribution in [0.5, 0.6) is 0 Å². The first-order valence-corrected chi connectivity index (χ1v) is 14.2. The number of carboxylic acids is 1. The topological polar surface area (TPSA) is 87.5 Å². The van der Waals surface area contributed by atoms with Crippen LogP contribution in [0.4, 0.5) is 18.9 Å². The molecule has 0 aliphatic carbocycles. The third-order valence-corrected chi connectivity index (χ3v) is 7.37. The Kier molecular flexibility index (Phi) is 10.8. The van der Waals surface area contributed by atoms with E-state index in [4.69, 9.17) is 0 Å². The first-order valence-electron chi connectivity index (χ1n) is 14.2. The second-order valence-electron chi connectivity index (χ2n) is 11.8. The Balaban J connectivity index is 1.79. The van der Waals surface area contributed by atoms with Gasteiger partial charge in [0.2, 0.25) is 0 Å². The summed E-state index contributed by atoms with van der Waals surface area (Å²) in [7, 11) is 0. The van der Waals surface area contributed by atoms with Gasteiger partial charge in [0, 0.05) is 42.4 Å². The van der Waals surface area contributed by atoms with E-state index in [1.807, 2.05) is 25.3 Å². The average Bonchev–Trinajstić information content (AvgIpc) is 3.42. The molecule has 0 radical (unpaired) electrons. The van der Waals surface area contributed by atoms with Gasteiger partial charge in [-0.1, -0.05) is 45.6 Å². The quantitative estimate of drug-likeness (QED) is 0.277. The highest BCUT2D eigenvalue weighted by molar-refractivity contribution is 5.95. The van der Waals surface area contributed by atoms with Crippen molar-refractivity contribution in [2.45, 2.75) is 77.6 Å². The maximum Gasteiger partial charge on any atom is 0.389 e. The van der Waals surface area contributed by atoms with Crippen molar-refractivity contribution in [3.05, 3.63) is 83.7 Å². The number of hydrogen-bond donors (Lipinski definition) is 2. The van der Waals surface area contributed by atoms with Crippen LogP contribution in [-0.2, 0) is 16.8 Å². The first kappa shape index (κ1) is 32.7. The van der Waals surface area contributed by atoms with Crippen molar-refractivity contribution in [1.82, 2.24) is 14.7 Å². The molecule has 0 saturated carbocycles. The summed E-state index contributed by atoms with van der Waals surface area (Å²) in [6.07, 6.45) is 2.75. The molecule has 1 aliphatic heterocycles. The SMILES string of the molecule is C=C/C=C(\C(C)=C/Cn1ccc(C(C)(C)C)n1)C(CCC(F)(F)F)Nc1ccc(C(=O)N2CCC[C@@H](C(=O)O)C2)cc1. The summed E-state index contributed by atoms with van der Waals surface area (Å²) in [4.78, 5) is 25.9. The van der Waals surface area contributed by atoms with Crippen LogP contribution in [0.15, 0.2) is 72.5 Å². The summed E-state index contributed by atoms with van der Waals surface area (Å²) in [6, 6.07) is 7.83. The number of likely N-dealkylation sites (tertiary alicyclic amines) is 1. The molecule has 3 rings (SSSR count). The van der Waals surface area contributed by atoms with Crippen molar-refractivity contribution in [3.8, 4) is 0 Å². The lowest BCUT2D eigenvalue weighted by atomic mass is 9.93. The fourth-order valence-corrected chi connectivity index (χ4v) is 4.93. The van der Waals surface area contributed by atoms with Gasteiger partial charge in [-0.2, -0.15) is 18.3 Å². The maximum absolute atomic E-state index is 13.3. The van der Waals surface area contributed by atoms with Gasteiger partial charge >= 0.3 is 12.1 Å². The van der Waals surface area contributed by atoms with Crippen LogP contribution in [-0.4, -0.2) is 57.0 Å². The number of aromatic nitrogens is 2. The highest BCUT2D eigenvalue weighted by atomic mass is 19.4. The molecule has 42 heavy (non-hydrogen) atoms. The fourth-order valence-electron chi connectivity index (χ4n) is 4.93. The number of carboxylic acid groups (broad SMARTS) is 1. The fraction of sp³-hybridized carbons (Fsp3) is 0.469. The first-order chi connectivity index (χ1) is 19.7. The highest BCUT2D eigenvalue weighted by Crippen LogP contribution is 2.29. The second kappa shape index (κ2) is 13.9. The minimum absolute atomic E-state index is 0.0979. The molecule has 0 bridgehead atoms. The molecule has 228 valence electrons. The van der Waals surface area contributed by atoms with Crippen LogP contribution in [0.1, 0.15) is 69.4 Å². The molecule has 1 unspecified atom stereocenters. The molecule has 1 aromatic heterocycles. The molecule has 2 atom stereocenters. The smallest absolute Gasteiger partial charge is 0.389 e. The molecular formula is C32H41F3N4O3. The molecule has 1 amide bonds. The van der Waals surface area contributed by atoms with Gasteiger partial charge in [-0.05, 0) is 67.7 Å². The standard InChI is InChI=1S/C32H41F3N4O3/c1-6-8-26(22(2)15-19-39-20-16-28(37-39)31(3,4)5)27(14-17-32(33,34)35)36-25-12-10-23(11-13-25)29(40)38-18-7-9-24(21-38)30(41)42/h6,8,10-13,15-16,20,24,27,36H,1,7,9,14,17-19,21H2,2-5H3,(H,41,42)/b22-15-,26-8+/t24-,27?/m1/s1. The number of amides is 1. The molecule has 1 aliphatic rings. The summed E-state index contributed by atoms with van der Waals surface area (Å²) >= 11 is 0. The van der Waals surface area contributed by atoms with E-state index < -0.39 is 30.5 Å². The van der Waals surface area contributed by atoms with E-state index in [0.29, 0.717) is 42.8 Å². The minimum atomic E-state index is -4.33. The average molecular weight is 587 g/mol. The van der Waals surface area contributed by atoms with Crippen LogP contribution in [0.2, 0.25) is 0 Å². The van der Waals surface area contributed by atoms with Gasteiger partial charge in [-0.3, -0.25) is 14.3 Å². The van der Waals surface area contributed by atoms with Gasteiger partial charge in [0.15, 0.2) is 0 Å². The number of rotatable bonds is 11. The Labute approximate surface area is 245 Å². The minimum Gasteiger partial charge on any atom is -0.481 e. The number of benzene rings is 1. The Morgan fingerprint density at radius 2 is 1.88 bits per heavy atom. The molecular weight excluding hydrogens is 545 g/mol. The molecule has 2 heterocycles. The Morgan fingerprint density at radius 3 is 2.45 bits per heavy atom. The maximum atomic E-state index is 13.3. The van der Waals surface area contributed by atoms with Crippen LogP contribution in [0.3, 0.4) is 0 Å². The van der Waals surface area contributed by atoms with E-state index in [1.54, 1.807) is 46.0 Å². The van der Waals surface area contributed by atoms with Gasteiger partial charge in [-0.15, -0.1) is 0 Å². The van der Waals surface area contributed by atoms with E-state index in [-0.39, 0.29) is 24.3 Å². The summed E-state index contributed by atoms with van der Waals surface area (Å²) in [5.74, 6) is -1.76. The monoisotopic (exact) mass is 586 g/mol. The summed E-state index contributed by atoms with van der Waals surface area (Å²) < 4.78 is 41.7. The number of nitrogens with zero attached hydrogens (tertiary/aromatic N) is 3. The number of alkyl halides is 3. The number of allylic oxidation sites excluding steroid dienone is 3. The van der Waals surface area contributed by atoms with Gasteiger partial charge < -0.3 is 15.3 Å². The lowest BCUT2D eigenvalue weighted by Gasteiger charge is -2.30. The van der Waals surface area contributed by atoms with Crippen molar-refractivity contribution in [2.24, 2.45) is 5.92 Å². The summed E-state index contributed by atoms with van der Waals surface area (Å²) in [5, 5.41) is 17.2. The van der Waals surface area contributed by atoms with E-state index in [0.717, 1.165) is 11.3 Å². The molecule has 2 N–H and O–H groups in total. The third-order valence-electron chi connectivity index (χ3n) is 7.37. The number of carbonyl (C=O) groups excluding carboxylic acids is 1. The van der Waals surface area contributed by atoms with Crippen LogP contribution in [0, 0.1) is 5.92 Å². The van der Waals surface area contributed by atoms with Gasteiger partial charge in [0.1, 0.15) is 0 Å². The molecule has 1 aromatic carbocycles. The second-order valence-corrected chi connectivity index (χ2v) is 11.8. The number of halogens is 3. The Morgan fingerprint density at radius 1 is 1.19 bits per heavy atom. The van der Waals surface area contributed by atoms with Crippen molar-refractivity contribution >= 4 is 17.6 Å². The Bertz CT molecular complexity index is 1300. The molecule has 0 spiro atoms. The van der Waals surface area contributed by atoms with E-state index in [9.17, 15) is 27.9 Å². The van der Waals surface area contributed by atoms with E-state index in [1.165, 1.54) is 0 Å². The largest absolute Gasteiger partial charge is 0.481 e. The van der Waals surface area contributed by atoms with Crippen molar-refractivity contribution in [1.29, 1.82) is 0 Å². The predicted molar refractivity (Wildman–Crippen MR) is 158 cm³/mol. The lowest BCUT2D eigenvalue weighted by Crippen LogP contribution is -2.42. The number of piperidine rings is 1. The molecule has 7 nitrogen and oxygen atoms in total. The van der Waals surface area contributed by atoms with Crippen molar-refractivity contribution < 1.29 is 27.9 Å². The normalized spacial score (nSPS) is 17.6. The zero-order valence-corrected chi connectivity index (χ0v) is 24.7. The van der Waals surface area contributed by atoms with Crippen molar-refractivity contribution in [3.63, 3.8) is 0 Å². The predicted octanol–water partition coefficient (Wildman–Crippen LogP) is 7.00. The lowest BCUT2D eigenvalue weighted by molar-refractivity contribution is -0.143. The van der Waals surface area contributed by atoms with E-state index in [2.05, 4.69) is 37.8 Å². The van der Waals surface area contributed by atoms with E-state index >= 15 is 0 Å². The van der Waals surface area contributed by atoms with Crippen LogP contribution in [0.25, 0.3) is 0 Å².